The summed E-state index contributed by atoms with van der Waals surface area (Å²) >= 11 is 0. The number of benzene rings is 2. The molecule has 0 unspecified atom stereocenters. The summed E-state index contributed by atoms with van der Waals surface area (Å²) in [7, 11) is 2.84. The molecule has 0 bridgehead atoms. The molecule has 0 radical (unpaired) electrons. The SMILES string of the molecule is COCOC[C@H](CCC(=O)OC)NC(=O)c1ccc(Oc2ccccc2)cc1. The maximum atomic E-state index is 12.5. The van der Waals surface area contributed by atoms with Crippen LogP contribution in [-0.2, 0) is 19.0 Å². The fourth-order valence-corrected chi connectivity index (χ4v) is 2.43. The van der Waals surface area contributed by atoms with E-state index in [1.54, 1.807) is 24.3 Å². The predicted octanol–water partition coefficient (Wildman–Crippen LogP) is 3.15. The zero-order chi connectivity index (χ0) is 20.2. The normalized spacial score (nSPS) is 11.5. The van der Waals surface area contributed by atoms with Crippen LogP contribution in [0, 0.1) is 0 Å². The van der Waals surface area contributed by atoms with Crippen LogP contribution >= 0.6 is 0 Å². The Bertz CT molecular complexity index is 732. The smallest absolute Gasteiger partial charge is 0.305 e. The molecule has 150 valence electrons. The first-order chi connectivity index (χ1) is 13.6. The molecule has 2 aromatic rings. The summed E-state index contributed by atoms with van der Waals surface area (Å²) in [5.41, 5.74) is 0.482. The number of hydrogen-bond donors (Lipinski definition) is 1. The average molecular weight is 387 g/mol. The van der Waals surface area contributed by atoms with Crippen molar-refractivity contribution in [2.75, 3.05) is 27.6 Å². The number of esters is 1. The van der Waals surface area contributed by atoms with Gasteiger partial charge in [-0.2, -0.15) is 0 Å². The van der Waals surface area contributed by atoms with Crippen molar-refractivity contribution in [3.05, 3.63) is 60.2 Å². The van der Waals surface area contributed by atoms with Crippen LogP contribution in [0.1, 0.15) is 23.2 Å². The number of hydrogen-bond acceptors (Lipinski definition) is 6. The van der Waals surface area contributed by atoms with Gasteiger partial charge in [0, 0.05) is 19.1 Å². The third-order valence-corrected chi connectivity index (χ3v) is 3.88. The molecule has 1 N–H and O–H groups in total. The van der Waals surface area contributed by atoms with Gasteiger partial charge in [0.15, 0.2) is 0 Å². The van der Waals surface area contributed by atoms with Crippen LogP contribution < -0.4 is 10.1 Å². The van der Waals surface area contributed by atoms with Crippen molar-refractivity contribution in [3.8, 4) is 11.5 Å². The molecular weight excluding hydrogens is 362 g/mol. The molecule has 0 saturated heterocycles. The fourth-order valence-electron chi connectivity index (χ4n) is 2.43. The van der Waals surface area contributed by atoms with Crippen LogP contribution in [0.5, 0.6) is 11.5 Å². The molecule has 2 rings (SSSR count). The molecule has 0 saturated carbocycles. The van der Waals surface area contributed by atoms with Crippen molar-refractivity contribution in [1.29, 1.82) is 0 Å². The second-order valence-electron chi connectivity index (χ2n) is 6.00. The lowest BCUT2D eigenvalue weighted by molar-refractivity contribution is -0.141. The number of nitrogens with one attached hydrogen (secondary N) is 1. The van der Waals surface area contributed by atoms with Gasteiger partial charge in [0.05, 0.1) is 19.8 Å². The maximum absolute atomic E-state index is 12.5. The van der Waals surface area contributed by atoms with Crippen LogP contribution in [0.2, 0.25) is 0 Å². The first-order valence-corrected chi connectivity index (χ1v) is 8.89. The summed E-state index contributed by atoms with van der Waals surface area (Å²) in [6.45, 7) is 0.335. The largest absolute Gasteiger partial charge is 0.469 e. The number of carbonyl (C=O) groups is 2. The Morgan fingerprint density at radius 1 is 0.964 bits per heavy atom. The zero-order valence-corrected chi connectivity index (χ0v) is 16.1. The van der Waals surface area contributed by atoms with Crippen LogP contribution in [-0.4, -0.2) is 45.5 Å². The molecule has 28 heavy (non-hydrogen) atoms. The quantitative estimate of drug-likeness (QED) is 0.362. The van der Waals surface area contributed by atoms with E-state index in [1.165, 1.54) is 14.2 Å². The number of ether oxygens (including phenoxy) is 4. The zero-order valence-electron chi connectivity index (χ0n) is 16.1. The highest BCUT2D eigenvalue weighted by atomic mass is 16.7. The first kappa shape index (κ1) is 21.4. The van der Waals surface area contributed by atoms with Gasteiger partial charge in [-0.3, -0.25) is 9.59 Å². The van der Waals surface area contributed by atoms with Crippen molar-refractivity contribution < 1.29 is 28.5 Å². The lowest BCUT2D eigenvalue weighted by Gasteiger charge is -2.18. The van der Waals surface area contributed by atoms with E-state index in [0.717, 1.165) is 5.75 Å². The van der Waals surface area contributed by atoms with Gasteiger partial charge in [-0.1, -0.05) is 18.2 Å². The van der Waals surface area contributed by atoms with E-state index in [4.69, 9.17) is 14.2 Å². The van der Waals surface area contributed by atoms with Crippen molar-refractivity contribution in [2.24, 2.45) is 0 Å². The molecule has 0 heterocycles. The lowest BCUT2D eigenvalue weighted by Crippen LogP contribution is -2.38. The van der Waals surface area contributed by atoms with Crippen molar-refractivity contribution in [1.82, 2.24) is 5.32 Å². The minimum Gasteiger partial charge on any atom is -0.469 e. The Kier molecular flexibility index (Phi) is 8.97. The Hall–Kier alpha value is -2.90. The van der Waals surface area contributed by atoms with E-state index in [0.29, 0.717) is 17.7 Å². The number of carbonyl (C=O) groups excluding carboxylic acids is 2. The molecule has 1 atom stereocenters. The highest BCUT2D eigenvalue weighted by Gasteiger charge is 2.16. The minimum absolute atomic E-state index is 0.107. The van der Waals surface area contributed by atoms with E-state index in [9.17, 15) is 9.59 Å². The number of methoxy groups -OCH3 is 2. The molecule has 1 amide bonds. The molecule has 7 nitrogen and oxygen atoms in total. The highest BCUT2D eigenvalue weighted by molar-refractivity contribution is 5.94. The Morgan fingerprint density at radius 3 is 2.29 bits per heavy atom. The topological polar surface area (TPSA) is 83.1 Å². The van der Waals surface area contributed by atoms with Gasteiger partial charge >= 0.3 is 5.97 Å². The molecule has 7 heteroatoms. The van der Waals surface area contributed by atoms with Gasteiger partial charge in [0.1, 0.15) is 18.3 Å². The summed E-state index contributed by atoms with van der Waals surface area (Å²) < 4.78 is 20.5. The summed E-state index contributed by atoms with van der Waals surface area (Å²) in [5.74, 6) is 0.752. The van der Waals surface area contributed by atoms with E-state index in [-0.39, 0.29) is 37.7 Å². The molecule has 0 aromatic heterocycles. The number of rotatable bonds is 11. The van der Waals surface area contributed by atoms with Gasteiger partial charge in [0.25, 0.3) is 5.91 Å². The summed E-state index contributed by atoms with van der Waals surface area (Å²) in [6.07, 6.45) is 0.582. The Morgan fingerprint density at radius 2 is 1.64 bits per heavy atom. The first-order valence-electron chi connectivity index (χ1n) is 8.89. The van der Waals surface area contributed by atoms with Gasteiger partial charge in [0.2, 0.25) is 0 Å². The number of para-hydroxylation sites is 1. The third-order valence-electron chi connectivity index (χ3n) is 3.88. The van der Waals surface area contributed by atoms with Crippen molar-refractivity contribution >= 4 is 11.9 Å². The molecule has 2 aromatic carbocycles. The molecular formula is C21H25NO6. The molecule has 0 aliphatic carbocycles. The maximum Gasteiger partial charge on any atom is 0.305 e. The summed E-state index contributed by atoms with van der Waals surface area (Å²) in [5, 5.41) is 2.87. The van der Waals surface area contributed by atoms with Crippen LogP contribution in [0.15, 0.2) is 54.6 Å². The monoisotopic (exact) mass is 387 g/mol. The van der Waals surface area contributed by atoms with E-state index in [2.05, 4.69) is 10.1 Å². The summed E-state index contributed by atoms with van der Waals surface area (Å²) in [4.78, 5) is 23.9. The molecule has 0 spiro atoms. The van der Waals surface area contributed by atoms with Gasteiger partial charge in [-0.25, -0.2) is 0 Å². The van der Waals surface area contributed by atoms with Gasteiger partial charge in [-0.05, 0) is 42.8 Å². The van der Waals surface area contributed by atoms with Crippen LogP contribution in [0.25, 0.3) is 0 Å². The fraction of sp³-hybridized carbons (Fsp3) is 0.333. The second kappa shape index (κ2) is 11.7. The standard InChI is InChI=1S/C21H25NO6/c1-25-15-27-14-17(10-13-20(23)26-2)22-21(24)16-8-11-19(12-9-16)28-18-6-4-3-5-7-18/h3-9,11-12,17H,10,13-15H2,1-2H3,(H,22,24)/t17-/m0/s1. The van der Waals surface area contributed by atoms with Gasteiger partial charge in [-0.15, -0.1) is 0 Å². The highest BCUT2D eigenvalue weighted by Crippen LogP contribution is 2.21. The van der Waals surface area contributed by atoms with E-state index >= 15 is 0 Å². The molecule has 0 aliphatic heterocycles. The van der Waals surface area contributed by atoms with Crippen molar-refractivity contribution in [3.63, 3.8) is 0 Å². The summed E-state index contributed by atoms with van der Waals surface area (Å²) in [6, 6.07) is 15.9. The average Bonchev–Trinajstić information content (AvgIpc) is 2.73. The van der Waals surface area contributed by atoms with Crippen LogP contribution in [0.3, 0.4) is 0 Å². The van der Waals surface area contributed by atoms with Gasteiger partial charge < -0.3 is 24.3 Å². The second-order valence-corrected chi connectivity index (χ2v) is 6.00. The molecule has 0 fully saturated rings. The van der Waals surface area contributed by atoms with E-state index < -0.39 is 0 Å². The molecule has 0 aliphatic rings. The van der Waals surface area contributed by atoms with E-state index in [1.807, 2.05) is 30.3 Å². The number of amides is 1. The Labute approximate surface area is 164 Å². The van der Waals surface area contributed by atoms with Crippen LogP contribution in [0.4, 0.5) is 0 Å². The van der Waals surface area contributed by atoms with Crippen molar-refractivity contribution in [2.45, 2.75) is 18.9 Å². The third kappa shape index (κ3) is 7.38. The minimum atomic E-state index is -0.345. The lowest BCUT2D eigenvalue weighted by atomic mass is 10.1. The predicted molar refractivity (Wildman–Crippen MR) is 103 cm³/mol. The Balaban J connectivity index is 1.94.